The predicted octanol–water partition coefficient (Wildman–Crippen LogP) is 5.34. The van der Waals surface area contributed by atoms with Crippen LogP contribution < -0.4 is 20.1 Å². The summed E-state index contributed by atoms with van der Waals surface area (Å²) in [5.74, 6) is -0.331. The van der Waals surface area contributed by atoms with Crippen molar-refractivity contribution in [2.45, 2.75) is 44.3 Å². The third-order valence-electron chi connectivity index (χ3n) is 7.33. The molecule has 6 rings (SSSR count). The molecule has 9 nitrogen and oxygen atoms in total. The molecule has 1 saturated carbocycles. The van der Waals surface area contributed by atoms with Gasteiger partial charge in [-0.25, -0.2) is 32.2 Å². The van der Waals surface area contributed by atoms with Gasteiger partial charge in [0, 0.05) is 35.8 Å². The largest absolute Gasteiger partial charge is 0.437 e. The molecule has 1 atom stereocenters. The summed E-state index contributed by atoms with van der Waals surface area (Å²) in [6, 6.07) is 11.6. The number of fused-ring (bicyclic) bond motifs is 1. The topological polar surface area (TPSA) is 118 Å². The Morgan fingerprint density at radius 2 is 1.93 bits per heavy atom. The number of piperidine rings is 1. The van der Waals surface area contributed by atoms with Crippen LogP contribution in [0.25, 0.3) is 22.0 Å². The zero-order valence-electron chi connectivity index (χ0n) is 22.5. The first-order chi connectivity index (χ1) is 19.7. The molecular formula is C29H30F2N6O3S. The lowest BCUT2D eigenvalue weighted by molar-refractivity contribution is 0.341. The van der Waals surface area contributed by atoms with Gasteiger partial charge in [-0.1, -0.05) is 12.1 Å². The van der Waals surface area contributed by atoms with Crippen molar-refractivity contribution in [2.75, 3.05) is 28.9 Å². The minimum Gasteiger partial charge on any atom is -0.437 e. The van der Waals surface area contributed by atoms with Crippen molar-refractivity contribution in [1.82, 2.24) is 20.3 Å². The minimum atomic E-state index is -4.13. The molecule has 0 amide bonds. The quantitative estimate of drug-likeness (QED) is 0.243. The summed E-state index contributed by atoms with van der Waals surface area (Å²) in [5, 5.41) is 7.50. The van der Waals surface area contributed by atoms with E-state index in [4.69, 9.17) is 9.72 Å². The van der Waals surface area contributed by atoms with Gasteiger partial charge in [-0.2, -0.15) is 0 Å². The molecule has 3 N–H and O–H groups in total. The second-order valence-corrected chi connectivity index (χ2v) is 12.4. The lowest BCUT2D eigenvalue weighted by atomic mass is 10.0. The van der Waals surface area contributed by atoms with Crippen LogP contribution in [0.4, 0.5) is 20.4 Å². The molecule has 2 aliphatic rings. The number of halogens is 2. The number of rotatable bonds is 9. The second kappa shape index (κ2) is 10.8. The third kappa shape index (κ3) is 6.08. The first kappa shape index (κ1) is 27.3. The number of alkyl halides is 1. The van der Waals surface area contributed by atoms with E-state index in [9.17, 15) is 17.2 Å². The molecule has 4 aromatic rings. The monoisotopic (exact) mass is 580 g/mol. The molecule has 2 aromatic carbocycles. The van der Waals surface area contributed by atoms with E-state index in [0.29, 0.717) is 28.3 Å². The second-order valence-electron chi connectivity index (χ2n) is 10.7. The number of nitrogens with one attached hydrogen (secondary N) is 3. The molecule has 12 heteroatoms. The van der Waals surface area contributed by atoms with Gasteiger partial charge < -0.3 is 15.4 Å². The zero-order chi connectivity index (χ0) is 28.6. The van der Waals surface area contributed by atoms with Crippen LogP contribution in [0, 0.1) is 12.7 Å². The fourth-order valence-corrected chi connectivity index (χ4v) is 6.57. The van der Waals surface area contributed by atoms with Gasteiger partial charge in [0.25, 0.3) is 0 Å². The van der Waals surface area contributed by atoms with Crippen LogP contribution in [-0.2, 0) is 10.0 Å². The summed E-state index contributed by atoms with van der Waals surface area (Å²) in [6.45, 7) is 3.67. The minimum absolute atomic E-state index is 0.178. The Kier molecular flexibility index (Phi) is 7.20. The van der Waals surface area contributed by atoms with E-state index < -0.39 is 27.3 Å². The number of aromatic nitrogens is 3. The molecule has 0 bridgehead atoms. The van der Waals surface area contributed by atoms with Crippen LogP contribution in [0.15, 0.2) is 54.9 Å². The number of nitrogens with zero attached hydrogens (tertiary/aromatic N) is 3. The normalized spacial score (nSPS) is 18.2. The number of benzene rings is 2. The third-order valence-corrected chi connectivity index (χ3v) is 8.74. The Morgan fingerprint density at radius 3 is 2.71 bits per heavy atom. The van der Waals surface area contributed by atoms with Gasteiger partial charge in [-0.15, -0.1) is 0 Å². The number of sulfonamides is 1. The SMILES string of the molecule is Cc1ccc2c(NS(=O)(=O)CC3(F)CC3)c(F)ccc2c1Oc1ncccc1-c1ccnc(NC2CCCNC2)n1. The number of hydrogen-bond donors (Lipinski definition) is 3. The van der Waals surface area contributed by atoms with E-state index in [-0.39, 0.29) is 35.8 Å². The lowest BCUT2D eigenvalue weighted by Crippen LogP contribution is -2.38. The maximum absolute atomic E-state index is 15.0. The highest BCUT2D eigenvalue weighted by molar-refractivity contribution is 7.92. The van der Waals surface area contributed by atoms with E-state index in [1.54, 1.807) is 36.7 Å². The smallest absolute Gasteiger partial charge is 0.236 e. The molecule has 1 aliphatic carbocycles. The van der Waals surface area contributed by atoms with Crippen LogP contribution in [0.3, 0.4) is 0 Å². The number of hydrogen-bond acceptors (Lipinski definition) is 8. The number of anilines is 2. The summed E-state index contributed by atoms with van der Waals surface area (Å²) in [4.78, 5) is 13.5. The summed E-state index contributed by atoms with van der Waals surface area (Å²) >= 11 is 0. The molecule has 41 heavy (non-hydrogen) atoms. The molecule has 3 heterocycles. The molecular weight excluding hydrogens is 550 g/mol. The van der Waals surface area contributed by atoms with Crippen LogP contribution in [0.2, 0.25) is 0 Å². The summed E-state index contributed by atoms with van der Waals surface area (Å²) < 4.78 is 63.1. The molecule has 2 fully saturated rings. The highest BCUT2D eigenvalue weighted by Gasteiger charge is 2.47. The van der Waals surface area contributed by atoms with Gasteiger partial charge in [-0.05, 0) is 75.0 Å². The Hall–Kier alpha value is -3.90. The van der Waals surface area contributed by atoms with Gasteiger partial charge in [0.15, 0.2) is 0 Å². The molecule has 2 aromatic heterocycles. The molecule has 1 saturated heterocycles. The first-order valence-corrected chi connectivity index (χ1v) is 15.2. The fourth-order valence-electron chi connectivity index (χ4n) is 5.01. The average molecular weight is 581 g/mol. The van der Waals surface area contributed by atoms with Crippen molar-refractivity contribution < 1.29 is 21.9 Å². The lowest BCUT2D eigenvalue weighted by Gasteiger charge is -2.23. The molecule has 1 unspecified atom stereocenters. The Bertz CT molecular complexity index is 1710. The maximum Gasteiger partial charge on any atom is 0.236 e. The van der Waals surface area contributed by atoms with Crippen LogP contribution >= 0.6 is 0 Å². The van der Waals surface area contributed by atoms with Crippen molar-refractivity contribution in [3.8, 4) is 22.9 Å². The van der Waals surface area contributed by atoms with Gasteiger partial charge in [0.1, 0.15) is 23.0 Å². The van der Waals surface area contributed by atoms with Crippen molar-refractivity contribution in [1.29, 1.82) is 0 Å². The number of pyridine rings is 1. The van der Waals surface area contributed by atoms with Gasteiger partial charge in [0.2, 0.25) is 21.9 Å². The molecule has 0 radical (unpaired) electrons. The molecule has 214 valence electrons. The van der Waals surface area contributed by atoms with E-state index in [1.807, 2.05) is 13.0 Å². The van der Waals surface area contributed by atoms with Crippen LogP contribution in [0.1, 0.15) is 31.2 Å². The highest BCUT2D eigenvalue weighted by atomic mass is 32.2. The van der Waals surface area contributed by atoms with E-state index in [0.717, 1.165) is 37.6 Å². The maximum atomic E-state index is 15.0. The average Bonchev–Trinajstić information content (AvgIpc) is 3.68. The number of aryl methyl sites for hydroxylation is 1. The summed E-state index contributed by atoms with van der Waals surface area (Å²) in [6.07, 6.45) is 5.72. The van der Waals surface area contributed by atoms with Crippen LogP contribution in [0.5, 0.6) is 11.6 Å². The fraction of sp³-hybridized carbons (Fsp3) is 0.345. The van der Waals surface area contributed by atoms with Crippen molar-refractivity contribution >= 4 is 32.4 Å². The molecule has 0 spiro atoms. The highest BCUT2D eigenvalue weighted by Crippen LogP contribution is 2.42. The van der Waals surface area contributed by atoms with Crippen LogP contribution in [-0.4, -0.2) is 53.9 Å². The van der Waals surface area contributed by atoms with E-state index in [1.165, 1.54) is 6.07 Å². The van der Waals surface area contributed by atoms with Gasteiger partial charge in [0.05, 0.1) is 16.9 Å². The van der Waals surface area contributed by atoms with Gasteiger partial charge in [-0.3, -0.25) is 4.72 Å². The Labute approximate surface area is 236 Å². The summed E-state index contributed by atoms with van der Waals surface area (Å²) in [7, 11) is -4.13. The van der Waals surface area contributed by atoms with E-state index >= 15 is 0 Å². The van der Waals surface area contributed by atoms with E-state index in [2.05, 4.69) is 25.3 Å². The van der Waals surface area contributed by atoms with Gasteiger partial charge >= 0.3 is 0 Å². The Morgan fingerprint density at radius 1 is 1.10 bits per heavy atom. The van der Waals surface area contributed by atoms with Crippen molar-refractivity contribution in [3.63, 3.8) is 0 Å². The molecule has 1 aliphatic heterocycles. The number of ether oxygens (including phenoxy) is 1. The standard InChI is InChI=1S/C29H30F2N6O3S/c1-18-6-7-20-21(8-9-23(30)25(20)37-41(38,39)17-29(31)11-12-29)26(18)40-27-22(5-3-14-33-27)24-10-15-34-28(36-24)35-19-4-2-13-32-16-19/h3,5-10,14-15,19,32,37H,2,4,11-13,16-17H2,1H3,(H,34,35,36). The summed E-state index contributed by atoms with van der Waals surface area (Å²) in [5.41, 5.74) is -0.0491. The van der Waals surface area contributed by atoms with Crippen molar-refractivity contribution in [2.24, 2.45) is 0 Å². The first-order valence-electron chi connectivity index (χ1n) is 13.5. The van der Waals surface area contributed by atoms with Crippen molar-refractivity contribution in [3.05, 3.63) is 66.2 Å². The Balaban J connectivity index is 1.34. The predicted molar refractivity (Wildman–Crippen MR) is 154 cm³/mol. The zero-order valence-corrected chi connectivity index (χ0v) is 23.3.